The van der Waals surface area contributed by atoms with Gasteiger partial charge in [-0.3, -0.25) is 0 Å². The molecule has 2 aromatic carbocycles. The van der Waals surface area contributed by atoms with E-state index in [2.05, 4.69) is 0 Å². The zero-order valence-electron chi connectivity index (χ0n) is 12.1. The van der Waals surface area contributed by atoms with E-state index in [1.807, 2.05) is 36.4 Å². The first-order chi connectivity index (χ1) is 10.1. The number of sulfonamides is 1. The summed E-state index contributed by atoms with van der Waals surface area (Å²) in [5.74, 6) is 0. The maximum absolute atomic E-state index is 12.6. The highest BCUT2D eigenvalue weighted by Crippen LogP contribution is 2.25. The van der Waals surface area contributed by atoms with E-state index in [1.54, 1.807) is 18.2 Å². The van der Waals surface area contributed by atoms with Crippen LogP contribution in [0.3, 0.4) is 0 Å². The normalized spacial score (nSPS) is 18.9. The summed E-state index contributed by atoms with van der Waals surface area (Å²) in [5, 5.41) is 0. The quantitative estimate of drug-likeness (QED) is 0.935. The minimum absolute atomic E-state index is 0. The lowest BCUT2D eigenvalue weighted by Crippen LogP contribution is -2.31. The molecule has 2 N–H and O–H groups in total. The molecule has 0 saturated carbocycles. The third-order valence-corrected chi connectivity index (χ3v) is 5.63. The minimum atomic E-state index is -3.45. The number of halogens is 1. The Morgan fingerprint density at radius 1 is 1.00 bits per heavy atom. The fraction of sp³-hybridized carbons (Fsp3) is 0.250. The van der Waals surface area contributed by atoms with E-state index in [0.717, 1.165) is 17.5 Å². The van der Waals surface area contributed by atoms with Gasteiger partial charge in [-0.2, -0.15) is 4.31 Å². The van der Waals surface area contributed by atoms with Crippen molar-refractivity contribution in [3.8, 4) is 11.1 Å². The van der Waals surface area contributed by atoms with Gasteiger partial charge in [0.15, 0.2) is 0 Å². The highest BCUT2D eigenvalue weighted by Gasteiger charge is 2.30. The first-order valence-electron chi connectivity index (χ1n) is 6.98. The highest BCUT2D eigenvalue weighted by molar-refractivity contribution is 7.89. The van der Waals surface area contributed by atoms with Gasteiger partial charge >= 0.3 is 0 Å². The Hall–Kier alpha value is -1.40. The number of rotatable bonds is 3. The van der Waals surface area contributed by atoms with E-state index < -0.39 is 10.0 Å². The first-order valence-corrected chi connectivity index (χ1v) is 8.42. The largest absolute Gasteiger partial charge is 0.326 e. The van der Waals surface area contributed by atoms with Crippen LogP contribution in [0.25, 0.3) is 11.1 Å². The van der Waals surface area contributed by atoms with Crippen LogP contribution in [0.2, 0.25) is 0 Å². The van der Waals surface area contributed by atoms with Crippen LogP contribution in [0, 0.1) is 0 Å². The molecule has 3 rings (SSSR count). The van der Waals surface area contributed by atoms with Crippen molar-refractivity contribution in [3.63, 3.8) is 0 Å². The second kappa shape index (κ2) is 6.79. The summed E-state index contributed by atoms with van der Waals surface area (Å²) in [6.45, 7) is 0.900. The van der Waals surface area contributed by atoms with Crippen LogP contribution < -0.4 is 5.73 Å². The van der Waals surface area contributed by atoms with Crippen LogP contribution in [-0.4, -0.2) is 31.9 Å². The van der Waals surface area contributed by atoms with Crippen molar-refractivity contribution in [2.45, 2.75) is 17.4 Å². The number of nitrogens with two attached hydrogens (primary N) is 1. The molecule has 1 saturated heterocycles. The van der Waals surface area contributed by atoms with Crippen LogP contribution in [0.1, 0.15) is 6.42 Å². The minimum Gasteiger partial charge on any atom is -0.326 e. The van der Waals surface area contributed by atoms with Crippen LogP contribution in [0.4, 0.5) is 0 Å². The second-order valence-electron chi connectivity index (χ2n) is 5.31. The number of nitrogens with zero attached hydrogens (tertiary/aromatic N) is 1. The molecule has 118 valence electrons. The Labute approximate surface area is 137 Å². The molecule has 4 nitrogen and oxygen atoms in total. The molecular weight excluding hydrogens is 320 g/mol. The van der Waals surface area contributed by atoms with Gasteiger partial charge in [0.25, 0.3) is 0 Å². The second-order valence-corrected chi connectivity index (χ2v) is 7.24. The zero-order valence-corrected chi connectivity index (χ0v) is 13.7. The van der Waals surface area contributed by atoms with E-state index in [0.29, 0.717) is 18.0 Å². The van der Waals surface area contributed by atoms with Gasteiger partial charge in [0.05, 0.1) is 4.90 Å². The average molecular weight is 339 g/mol. The van der Waals surface area contributed by atoms with Gasteiger partial charge in [-0.15, -0.1) is 12.4 Å². The fourth-order valence-electron chi connectivity index (χ4n) is 2.59. The van der Waals surface area contributed by atoms with Crippen LogP contribution in [0.15, 0.2) is 59.5 Å². The predicted octanol–water partition coefficient (Wildman–Crippen LogP) is 2.50. The summed E-state index contributed by atoms with van der Waals surface area (Å²) < 4.78 is 26.7. The third kappa shape index (κ3) is 3.33. The van der Waals surface area contributed by atoms with Crippen molar-refractivity contribution in [2.24, 2.45) is 5.73 Å². The molecule has 2 aromatic rings. The lowest BCUT2D eigenvalue weighted by molar-refractivity contribution is 0.472. The van der Waals surface area contributed by atoms with Gasteiger partial charge in [-0.1, -0.05) is 42.5 Å². The summed E-state index contributed by atoms with van der Waals surface area (Å²) >= 11 is 0. The number of benzene rings is 2. The first kappa shape index (κ1) is 17.0. The molecule has 0 unspecified atom stereocenters. The van der Waals surface area contributed by atoms with Crippen LogP contribution in [0.5, 0.6) is 0 Å². The van der Waals surface area contributed by atoms with E-state index in [-0.39, 0.29) is 18.4 Å². The van der Waals surface area contributed by atoms with Crippen molar-refractivity contribution in [2.75, 3.05) is 13.1 Å². The Morgan fingerprint density at radius 3 is 2.32 bits per heavy atom. The summed E-state index contributed by atoms with van der Waals surface area (Å²) in [6.07, 6.45) is 0.720. The summed E-state index contributed by atoms with van der Waals surface area (Å²) in [5.41, 5.74) is 7.72. The van der Waals surface area contributed by atoms with Gasteiger partial charge in [-0.05, 0) is 29.7 Å². The SMILES string of the molecule is Cl.N[C@@H]1CCN(S(=O)(=O)c2cccc(-c3ccccc3)c2)C1. The van der Waals surface area contributed by atoms with E-state index in [9.17, 15) is 8.42 Å². The smallest absolute Gasteiger partial charge is 0.243 e. The Kier molecular flexibility index (Phi) is 5.24. The lowest BCUT2D eigenvalue weighted by atomic mass is 10.1. The molecule has 0 amide bonds. The van der Waals surface area contributed by atoms with Crippen molar-refractivity contribution in [1.29, 1.82) is 0 Å². The van der Waals surface area contributed by atoms with E-state index in [4.69, 9.17) is 5.73 Å². The molecular formula is C16H19ClN2O2S. The number of hydrogen-bond acceptors (Lipinski definition) is 3. The molecule has 1 aliphatic heterocycles. The topological polar surface area (TPSA) is 63.4 Å². The maximum atomic E-state index is 12.6. The highest BCUT2D eigenvalue weighted by atomic mass is 35.5. The van der Waals surface area contributed by atoms with E-state index in [1.165, 1.54) is 4.31 Å². The summed E-state index contributed by atoms with van der Waals surface area (Å²) in [7, 11) is -3.45. The zero-order chi connectivity index (χ0) is 14.9. The van der Waals surface area contributed by atoms with Gasteiger partial charge in [0.2, 0.25) is 10.0 Å². The third-order valence-electron chi connectivity index (χ3n) is 3.77. The van der Waals surface area contributed by atoms with Gasteiger partial charge in [0.1, 0.15) is 0 Å². The van der Waals surface area contributed by atoms with Gasteiger partial charge in [-0.25, -0.2) is 8.42 Å². The molecule has 0 aliphatic carbocycles. The van der Waals surface area contributed by atoms with Crippen LogP contribution >= 0.6 is 12.4 Å². The molecule has 1 heterocycles. The van der Waals surface area contributed by atoms with Crippen molar-refractivity contribution in [1.82, 2.24) is 4.31 Å². The lowest BCUT2D eigenvalue weighted by Gasteiger charge is -2.16. The van der Waals surface area contributed by atoms with Crippen molar-refractivity contribution < 1.29 is 8.42 Å². The molecule has 0 bridgehead atoms. The monoisotopic (exact) mass is 338 g/mol. The molecule has 1 fully saturated rings. The van der Waals surface area contributed by atoms with Crippen molar-refractivity contribution in [3.05, 3.63) is 54.6 Å². The van der Waals surface area contributed by atoms with Crippen molar-refractivity contribution >= 4 is 22.4 Å². The molecule has 0 aromatic heterocycles. The fourth-order valence-corrected chi connectivity index (χ4v) is 4.15. The molecule has 0 radical (unpaired) electrons. The Bertz CT molecular complexity index is 735. The van der Waals surface area contributed by atoms with E-state index >= 15 is 0 Å². The molecule has 1 atom stereocenters. The molecule has 0 spiro atoms. The average Bonchev–Trinajstić information content (AvgIpc) is 2.96. The van der Waals surface area contributed by atoms with Gasteiger partial charge in [0, 0.05) is 19.1 Å². The van der Waals surface area contributed by atoms with Gasteiger partial charge < -0.3 is 5.73 Å². The van der Waals surface area contributed by atoms with Crippen LogP contribution in [-0.2, 0) is 10.0 Å². The Morgan fingerprint density at radius 2 is 1.68 bits per heavy atom. The Balaban J connectivity index is 0.00000176. The molecule has 6 heteroatoms. The standard InChI is InChI=1S/C16H18N2O2S.ClH/c17-15-9-10-18(12-15)21(19,20)16-8-4-7-14(11-16)13-5-2-1-3-6-13;/h1-8,11,15H,9-10,12,17H2;1H/t15-;/m1./s1. The molecule has 1 aliphatic rings. The number of hydrogen-bond donors (Lipinski definition) is 1. The molecule has 22 heavy (non-hydrogen) atoms. The summed E-state index contributed by atoms with van der Waals surface area (Å²) in [6, 6.07) is 16.8. The maximum Gasteiger partial charge on any atom is 0.243 e. The summed E-state index contributed by atoms with van der Waals surface area (Å²) in [4.78, 5) is 0.331. The predicted molar refractivity (Wildman–Crippen MR) is 90.5 cm³/mol.